The number of unbranched alkanes of at least 4 members (excludes halogenated alkanes) is 2. The Kier molecular flexibility index (Phi) is 39.1. The van der Waals surface area contributed by atoms with Crippen LogP contribution in [0.15, 0.2) is 54.6 Å². The number of hydrogen-bond donors (Lipinski definition) is 19. The molecule has 11 amide bonds. The molecule has 3 aliphatic heterocycles. The van der Waals surface area contributed by atoms with Gasteiger partial charge in [-0.15, -0.1) is 0 Å². The Morgan fingerprint density at radius 3 is 0.975 bits per heavy atom. The quantitative estimate of drug-likeness (QED) is 0.0328. The number of nitrogens with one attached hydrogen (secondary N) is 9. The Morgan fingerprint density at radius 2 is 0.653 bits per heavy atom. The summed E-state index contributed by atoms with van der Waals surface area (Å²) >= 11 is 0. The first-order valence-electron chi connectivity index (χ1n) is 39.1. The first-order valence-corrected chi connectivity index (χ1v) is 39.1. The molecule has 44 heteroatoms. The summed E-state index contributed by atoms with van der Waals surface area (Å²) in [5, 5.41) is 117. The zero-order valence-electron chi connectivity index (χ0n) is 66.2. The smallest absolute Gasteiger partial charge is 0.326 e. The standard InChI is InChI=1S/C77H103N15O29/c93-59(14-13-58(75(118)119)90-33-31-88(43-67(104)105)29-27-87(42-66(102)103)28-30-89(32-34-90)44-68(106)107)80-51-37-52(81-60(94)15-17-62(96)91-25-21-45-35-47(7-9-49(45)40-91)69(108)78-23-3-1-5-54(71(110)111)83-76(120)85-56(73(114)115)11-19-64(98)99)39-53(38-51)82-61(95)16-18-63(97)92-26-22-46-36-48(8-10-50(46)41-92)70(109)79-24-4-2-6-55(72(112)113)84-77(121)86-57(74(116)117)12-20-65(100)101/h7-10,35-39,54-58H,1-6,11-34,40-44H2,(H,78,108)(H,79,109)(H,80,93)(H,81,94)(H,82,95)(H,98,99)(H,100,101)(H,102,103)(H,104,105)(H,106,107)(H,110,111)(H,112,113)(H,114,115)(H,116,117)(H,118,119)(H2,83,85,120)(H2,84,86,121)/t54-,55-,56-,57-,58?/m0/s1. The zero-order valence-corrected chi connectivity index (χ0v) is 66.2. The Hall–Kier alpha value is -13.0. The molecule has 0 aromatic heterocycles. The van der Waals surface area contributed by atoms with Gasteiger partial charge in [-0.05, 0) is 135 Å². The van der Waals surface area contributed by atoms with Crippen LogP contribution in [0.5, 0.6) is 0 Å². The number of amides is 11. The van der Waals surface area contributed by atoms with E-state index in [4.69, 9.17) is 10.2 Å². The molecule has 0 radical (unpaired) electrons. The van der Waals surface area contributed by atoms with Crippen molar-refractivity contribution in [2.75, 3.05) is 114 Å². The predicted molar refractivity (Wildman–Crippen MR) is 422 cm³/mol. The lowest BCUT2D eigenvalue weighted by Gasteiger charge is -2.35. The first-order chi connectivity index (χ1) is 57.4. The van der Waals surface area contributed by atoms with Crippen molar-refractivity contribution in [2.45, 2.75) is 159 Å². The highest BCUT2D eigenvalue weighted by molar-refractivity contribution is 6.00. The predicted octanol–water partition coefficient (Wildman–Crippen LogP) is -0.118. The summed E-state index contributed by atoms with van der Waals surface area (Å²) in [5.74, 6) is -17.2. The van der Waals surface area contributed by atoms with E-state index in [1.165, 1.54) is 47.6 Å². The van der Waals surface area contributed by atoms with Gasteiger partial charge >= 0.3 is 71.8 Å². The second-order valence-corrected chi connectivity index (χ2v) is 29.1. The van der Waals surface area contributed by atoms with E-state index in [2.05, 4.69) is 47.9 Å². The van der Waals surface area contributed by atoms with Crippen molar-refractivity contribution in [3.63, 3.8) is 0 Å². The van der Waals surface area contributed by atoms with E-state index in [0.717, 1.165) is 22.3 Å². The second kappa shape index (κ2) is 48.8. The van der Waals surface area contributed by atoms with Gasteiger partial charge in [0.05, 0.1) is 19.6 Å². The van der Waals surface area contributed by atoms with Gasteiger partial charge in [0, 0.05) is 165 Å². The number of carbonyl (C=O) groups excluding carboxylic acids is 9. The van der Waals surface area contributed by atoms with Gasteiger partial charge < -0.3 is 109 Å². The molecule has 3 aromatic carbocycles. The van der Waals surface area contributed by atoms with Crippen molar-refractivity contribution < 1.29 is 142 Å². The monoisotopic (exact) mass is 1700 g/mol. The lowest BCUT2D eigenvalue weighted by atomic mass is 9.96. The summed E-state index contributed by atoms with van der Waals surface area (Å²) in [4.78, 5) is 246. The molecule has 0 saturated carbocycles. The van der Waals surface area contributed by atoms with Crippen molar-refractivity contribution in [3.05, 3.63) is 88.0 Å². The van der Waals surface area contributed by atoms with Crippen LogP contribution in [-0.2, 0) is 97.8 Å². The summed E-state index contributed by atoms with van der Waals surface area (Å²) in [6, 6.07) is 4.14. The van der Waals surface area contributed by atoms with E-state index in [1.54, 1.807) is 36.4 Å². The molecule has 6 rings (SSSR count). The molecule has 0 bridgehead atoms. The first kappa shape index (κ1) is 96.9. The average Bonchev–Trinajstić information content (AvgIpc) is 0.812. The van der Waals surface area contributed by atoms with Crippen LogP contribution < -0.4 is 47.9 Å². The van der Waals surface area contributed by atoms with Crippen LogP contribution in [0.2, 0.25) is 0 Å². The minimum Gasteiger partial charge on any atom is -0.481 e. The summed E-state index contributed by atoms with van der Waals surface area (Å²) in [7, 11) is 0. The fourth-order valence-corrected chi connectivity index (χ4v) is 13.6. The Morgan fingerprint density at radius 1 is 0.322 bits per heavy atom. The third kappa shape index (κ3) is 34.9. The molecule has 0 aliphatic carbocycles. The van der Waals surface area contributed by atoms with Gasteiger partial charge in [0.15, 0.2) is 0 Å². The average molecular weight is 1700 g/mol. The maximum absolute atomic E-state index is 14.0. The molecule has 1 fully saturated rings. The Labute approximate surface area is 692 Å². The minimum absolute atomic E-state index is 0.00824. The summed E-state index contributed by atoms with van der Waals surface area (Å²) in [6.07, 6.45) is -2.66. The third-order valence-corrected chi connectivity index (χ3v) is 20.0. The highest BCUT2D eigenvalue weighted by Gasteiger charge is 2.33. The van der Waals surface area contributed by atoms with Crippen molar-refractivity contribution in [2.24, 2.45) is 0 Å². The highest BCUT2D eigenvalue weighted by atomic mass is 16.4. The number of anilines is 3. The van der Waals surface area contributed by atoms with E-state index in [0.29, 0.717) is 24.0 Å². The molecule has 5 atom stereocenters. The van der Waals surface area contributed by atoms with Crippen LogP contribution in [0.1, 0.15) is 146 Å². The number of benzene rings is 3. The second-order valence-electron chi connectivity index (χ2n) is 29.1. The molecule has 0 spiro atoms. The van der Waals surface area contributed by atoms with Crippen molar-refractivity contribution >= 4 is 130 Å². The molecule has 1 unspecified atom stereocenters. The number of carbonyl (C=O) groups is 19. The van der Waals surface area contributed by atoms with E-state index in [1.807, 2.05) is 0 Å². The van der Waals surface area contributed by atoms with Crippen LogP contribution in [-0.4, -0.2) is 322 Å². The van der Waals surface area contributed by atoms with E-state index in [-0.39, 0.29) is 179 Å². The number of nitrogens with zero attached hydrogens (tertiary/aromatic N) is 6. The SMILES string of the molecule is O=C(O)CC[C@H](NC(=O)N[C@@H](CCCCNC(=O)c1ccc2c(c1)CCN(C(=O)CCC(=O)Nc1cc(NC(=O)CCC(=O)N3CCc4cc(C(=O)NCCCC[C@H](NC(=O)N[C@@H](CCC(=O)O)C(=O)O)C(=O)O)ccc4C3)cc(NC(=O)CCC(C(=O)O)N3CCN(CC(=O)O)CCN(CC(=O)O)CCN(CC(=O)O)CC3)c1)C2)C(=O)O)C(=O)O. The summed E-state index contributed by atoms with van der Waals surface area (Å²) in [5.41, 5.74) is 3.58. The lowest BCUT2D eigenvalue weighted by molar-refractivity contribution is -0.145. The van der Waals surface area contributed by atoms with Crippen LogP contribution in [0, 0.1) is 0 Å². The van der Waals surface area contributed by atoms with Gasteiger partial charge in [-0.1, -0.05) is 12.1 Å². The zero-order chi connectivity index (χ0) is 89.0. The van der Waals surface area contributed by atoms with Crippen LogP contribution in [0.25, 0.3) is 0 Å². The maximum atomic E-state index is 14.0. The Bertz CT molecular complexity index is 4060. The highest BCUT2D eigenvalue weighted by Crippen LogP contribution is 2.27. The van der Waals surface area contributed by atoms with Gasteiger partial charge in [0.2, 0.25) is 29.5 Å². The number of rotatable bonds is 46. The molecule has 121 heavy (non-hydrogen) atoms. The molecule has 19 N–H and O–H groups in total. The molecular formula is C77H103N15O29. The minimum atomic E-state index is -1.58. The van der Waals surface area contributed by atoms with Gasteiger partial charge in [-0.25, -0.2) is 28.8 Å². The molecule has 1 saturated heterocycles. The van der Waals surface area contributed by atoms with Crippen LogP contribution in [0.4, 0.5) is 26.7 Å². The van der Waals surface area contributed by atoms with Crippen molar-refractivity contribution in [1.29, 1.82) is 0 Å². The largest absolute Gasteiger partial charge is 0.481 e. The summed E-state index contributed by atoms with van der Waals surface area (Å²) in [6.45, 7) is -0.407. The fraction of sp³-hybridized carbons (Fsp3) is 0.519. The van der Waals surface area contributed by atoms with Gasteiger partial charge in [0.25, 0.3) is 11.8 Å². The van der Waals surface area contributed by atoms with E-state index < -0.39 is 195 Å². The normalized spacial score (nSPS) is 15.3. The van der Waals surface area contributed by atoms with Crippen molar-refractivity contribution in [3.8, 4) is 0 Å². The number of aliphatic carboxylic acids is 10. The number of urea groups is 2. The molecule has 3 heterocycles. The molecule has 3 aliphatic rings. The summed E-state index contributed by atoms with van der Waals surface area (Å²) < 4.78 is 0. The number of carboxylic acid groups (broad SMARTS) is 10. The fourth-order valence-electron chi connectivity index (χ4n) is 13.6. The van der Waals surface area contributed by atoms with Crippen LogP contribution in [0.3, 0.4) is 0 Å². The van der Waals surface area contributed by atoms with Gasteiger partial charge in [-0.2, -0.15) is 0 Å². The topological polar surface area (TPSA) is 654 Å². The molecule has 660 valence electrons. The maximum Gasteiger partial charge on any atom is 0.326 e. The molecule has 3 aromatic rings. The molecule has 44 nitrogen and oxygen atoms in total. The lowest BCUT2D eigenvalue weighted by Crippen LogP contribution is -2.52. The van der Waals surface area contributed by atoms with Crippen molar-refractivity contribution in [1.82, 2.24) is 61.3 Å². The molecular weight excluding hydrogens is 1600 g/mol. The van der Waals surface area contributed by atoms with E-state index in [9.17, 15) is 132 Å². The van der Waals surface area contributed by atoms with Gasteiger partial charge in [0.1, 0.15) is 30.2 Å². The third-order valence-electron chi connectivity index (χ3n) is 20.0. The Balaban J connectivity index is 1.07. The van der Waals surface area contributed by atoms with Crippen LogP contribution >= 0.6 is 0 Å². The number of carboxylic acids is 10. The number of hydrogen-bond acceptors (Lipinski definition) is 23. The number of fused-ring (bicyclic) bond motifs is 2. The van der Waals surface area contributed by atoms with Gasteiger partial charge in [-0.3, -0.25) is 81.9 Å². The van der Waals surface area contributed by atoms with E-state index >= 15 is 0 Å².